The number of aryl methyl sites for hydroxylation is 2. The minimum absolute atomic E-state index is 0.123. The standard InChI is InChI=1S/C15H20N2O3/c1-8-4-10(3)13(12(5-8)14(18)19)17-15(20)16-7-11-6-9(11)2/h4-5,9,11H,6-7H2,1-3H3,(H,18,19)(H2,16,17,20). The van der Waals surface area contributed by atoms with Crippen molar-refractivity contribution in [1.29, 1.82) is 0 Å². The second-order valence-corrected chi connectivity index (χ2v) is 5.62. The maximum absolute atomic E-state index is 11.8. The van der Waals surface area contributed by atoms with Gasteiger partial charge < -0.3 is 15.7 Å². The summed E-state index contributed by atoms with van der Waals surface area (Å²) in [6.07, 6.45) is 1.14. The van der Waals surface area contributed by atoms with Gasteiger partial charge in [-0.1, -0.05) is 13.0 Å². The molecule has 0 saturated heterocycles. The Hall–Kier alpha value is -2.04. The molecule has 0 radical (unpaired) electrons. The highest BCUT2D eigenvalue weighted by molar-refractivity contribution is 6.01. The zero-order chi connectivity index (χ0) is 14.9. The molecule has 5 nitrogen and oxygen atoms in total. The van der Waals surface area contributed by atoms with Crippen LogP contribution in [0.3, 0.4) is 0 Å². The number of hydrogen-bond acceptors (Lipinski definition) is 2. The molecule has 0 spiro atoms. The average molecular weight is 276 g/mol. The molecule has 1 aliphatic rings. The number of carboxylic acid groups (broad SMARTS) is 1. The number of amides is 2. The summed E-state index contributed by atoms with van der Waals surface area (Å²) in [4.78, 5) is 23.1. The zero-order valence-electron chi connectivity index (χ0n) is 12.0. The van der Waals surface area contributed by atoms with E-state index in [-0.39, 0.29) is 11.6 Å². The third-order valence-electron chi connectivity index (χ3n) is 3.75. The maximum atomic E-state index is 11.8. The minimum Gasteiger partial charge on any atom is -0.478 e. The molecule has 1 fully saturated rings. The van der Waals surface area contributed by atoms with Gasteiger partial charge in [-0.05, 0) is 49.3 Å². The van der Waals surface area contributed by atoms with Gasteiger partial charge in [0.15, 0.2) is 0 Å². The summed E-state index contributed by atoms with van der Waals surface area (Å²) in [5.74, 6) is 0.188. The van der Waals surface area contributed by atoms with Crippen LogP contribution >= 0.6 is 0 Å². The largest absolute Gasteiger partial charge is 0.478 e. The fraction of sp³-hybridized carbons (Fsp3) is 0.467. The number of hydrogen-bond donors (Lipinski definition) is 3. The van der Waals surface area contributed by atoms with Gasteiger partial charge in [0, 0.05) is 6.54 Å². The lowest BCUT2D eigenvalue weighted by Gasteiger charge is -2.13. The van der Waals surface area contributed by atoms with Crippen LogP contribution in [0.15, 0.2) is 12.1 Å². The second-order valence-electron chi connectivity index (χ2n) is 5.62. The van der Waals surface area contributed by atoms with Crippen molar-refractivity contribution >= 4 is 17.7 Å². The van der Waals surface area contributed by atoms with Crippen LogP contribution < -0.4 is 10.6 Å². The number of benzene rings is 1. The normalized spacial score (nSPS) is 20.4. The molecule has 1 aromatic carbocycles. The lowest BCUT2D eigenvalue weighted by molar-refractivity contribution is 0.0698. The van der Waals surface area contributed by atoms with E-state index in [9.17, 15) is 14.7 Å². The van der Waals surface area contributed by atoms with Gasteiger partial charge in [0.1, 0.15) is 0 Å². The quantitative estimate of drug-likeness (QED) is 0.791. The molecule has 5 heteroatoms. The molecule has 2 rings (SSSR count). The fourth-order valence-electron chi connectivity index (χ4n) is 2.37. The molecule has 0 aliphatic heterocycles. The number of urea groups is 1. The third-order valence-corrected chi connectivity index (χ3v) is 3.75. The van der Waals surface area contributed by atoms with Gasteiger partial charge in [-0.3, -0.25) is 0 Å². The van der Waals surface area contributed by atoms with Crippen LogP contribution in [0.25, 0.3) is 0 Å². The van der Waals surface area contributed by atoms with E-state index in [1.54, 1.807) is 13.0 Å². The van der Waals surface area contributed by atoms with Crippen LogP contribution in [-0.2, 0) is 0 Å². The molecule has 0 aromatic heterocycles. The van der Waals surface area contributed by atoms with Crippen molar-refractivity contribution in [2.24, 2.45) is 11.8 Å². The highest BCUT2D eigenvalue weighted by atomic mass is 16.4. The number of aromatic carboxylic acids is 1. The van der Waals surface area contributed by atoms with Crippen molar-refractivity contribution < 1.29 is 14.7 Å². The summed E-state index contributed by atoms with van der Waals surface area (Å²) in [7, 11) is 0. The zero-order valence-corrected chi connectivity index (χ0v) is 12.0. The van der Waals surface area contributed by atoms with Gasteiger partial charge in [0.25, 0.3) is 0 Å². The minimum atomic E-state index is -1.04. The predicted octanol–water partition coefficient (Wildman–Crippen LogP) is 2.78. The van der Waals surface area contributed by atoms with Crippen LogP contribution in [-0.4, -0.2) is 23.7 Å². The van der Waals surface area contributed by atoms with E-state index in [1.165, 1.54) is 0 Å². The van der Waals surface area contributed by atoms with Gasteiger partial charge in [-0.25, -0.2) is 9.59 Å². The summed E-state index contributed by atoms with van der Waals surface area (Å²) >= 11 is 0. The predicted molar refractivity (Wildman–Crippen MR) is 77.2 cm³/mol. The van der Waals surface area contributed by atoms with E-state index in [2.05, 4.69) is 17.6 Å². The van der Waals surface area contributed by atoms with Crippen molar-refractivity contribution in [3.63, 3.8) is 0 Å². The number of anilines is 1. The molecule has 0 heterocycles. The Labute approximate surface area is 118 Å². The van der Waals surface area contributed by atoms with E-state index in [4.69, 9.17) is 0 Å². The topological polar surface area (TPSA) is 78.4 Å². The number of nitrogens with one attached hydrogen (secondary N) is 2. The first kappa shape index (κ1) is 14.4. The highest BCUT2D eigenvalue weighted by Gasteiger charge is 2.32. The van der Waals surface area contributed by atoms with Crippen molar-refractivity contribution in [3.8, 4) is 0 Å². The fourth-order valence-corrected chi connectivity index (χ4v) is 2.37. The Morgan fingerprint density at radius 1 is 1.35 bits per heavy atom. The molecule has 1 saturated carbocycles. The van der Waals surface area contributed by atoms with Gasteiger partial charge in [0.05, 0.1) is 11.3 Å². The van der Waals surface area contributed by atoms with E-state index in [1.807, 2.05) is 13.0 Å². The Kier molecular flexibility index (Phi) is 3.97. The van der Waals surface area contributed by atoms with Crippen molar-refractivity contribution in [1.82, 2.24) is 5.32 Å². The number of rotatable bonds is 4. The maximum Gasteiger partial charge on any atom is 0.337 e. The Balaban J connectivity index is 2.07. The molecule has 2 amide bonds. The molecule has 1 aliphatic carbocycles. The molecule has 0 bridgehead atoms. The van der Waals surface area contributed by atoms with Crippen LogP contribution in [0, 0.1) is 25.7 Å². The van der Waals surface area contributed by atoms with E-state index < -0.39 is 5.97 Å². The molecule has 3 N–H and O–H groups in total. The Bertz CT molecular complexity index is 554. The van der Waals surface area contributed by atoms with Gasteiger partial charge in [0.2, 0.25) is 0 Å². The summed E-state index contributed by atoms with van der Waals surface area (Å²) < 4.78 is 0. The first-order valence-electron chi connectivity index (χ1n) is 6.78. The van der Waals surface area contributed by atoms with Gasteiger partial charge in [-0.15, -0.1) is 0 Å². The molecule has 20 heavy (non-hydrogen) atoms. The molecule has 2 unspecified atom stereocenters. The summed E-state index contributed by atoms with van der Waals surface area (Å²) in [5.41, 5.74) is 2.09. The average Bonchev–Trinajstić information content (AvgIpc) is 3.05. The number of carboxylic acids is 1. The van der Waals surface area contributed by atoms with E-state index in [0.29, 0.717) is 24.1 Å². The van der Waals surface area contributed by atoms with Crippen molar-refractivity contribution in [2.75, 3.05) is 11.9 Å². The molecule has 108 valence electrons. The molecular weight excluding hydrogens is 256 g/mol. The third kappa shape index (κ3) is 3.29. The molecular formula is C15H20N2O3. The monoisotopic (exact) mass is 276 g/mol. The van der Waals surface area contributed by atoms with Crippen LogP contribution in [0.2, 0.25) is 0 Å². The second kappa shape index (κ2) is 5.53. The molecule has 1 aromatic rings. The van der Waals surface area contributed by atoms with E-state index >= 15 is 0 Å². The SMILES string of the molecule is Cc1cc(C)c(NC(=O)NCC2CC2C)c(C(=O)O)c1. The summed E-state index contributed by atoms with van der Waals surface area (Å²) in [5, 5.41) is 14.7. The van der Waals surface area contributed by atoms with E-state index in [0.717, 1.165) is 17.5 Å². The molecule has 2 atom stereocenters. The highest BCUT2D eigenvalue weighted by Crippen LogP contribution is 2.36. The van der Waals surface area contributed by atoms with Gasteiger partial charge >= 0.3 is 12.0 Å². The lowest BCUT2D eigenvalue weighted by Crippen LogP contribution is -2.31. The summed E-state index contributed by atoms with van der Waals surface area (Å²) in [6.45, 7) is 6.41. The van der Waals surface area contributed by atoms with Crippen molar-refractivity contribution in [3.05, 3.63) is 28.8 Å². The Morgan fingerprint density at radius 3 is 2.55 bits per heavy atom. The first-order chi connectivity index (χ1) is 9.38. The Morgan fingerprint density at radius 2 is 2.00 bits per heavy atom. The smallest absolute Gasteiger partial charge is 0.337 e. The van der Waals surface area contributed by atoms with Crippen LogP contribution in [0.1, 0.15) is 34.8 Å². The first-order valence-corrected chi connectivity index (χ1v) is 6.78. The lowest BCUT2D eigenvalue weighted by atomic mass is 10.0. The van der Waals surface area contributed by atoms with Gasteiger partial charge in [-0.2, -0.15) is 0 Å². The van der Waals surface area contributed by atoms with Crippen LogP contribution in [0.4, 0.5) is 10.5 Å². The summed E-state index contributed by atoms with van der Waals surface area (Å²) in [6, 6.07) is 3.07. The number of carbonyl (C=O) groups is 2. The van der Waals surface area contributed by atoms with Crippen LogP contribution in [0.5, 0.6) is 0 Å². The van der Waals surface area contributed by atoms with Crippen molar-refractivity contribution in [2.45, 2.75) is 27.2 Å². The number of carbonyl (C=O) groups excluding carboxylic acids is 1.